The number of ether oxygens (including phenoxy) is 1. The van der Waals surface area contributed by atoms with Gasteiger partial charge in [-0.25, -0.2) is 17.5 Å². The number of benzene rings is 2. The third kappa shape index (κ3) is 3.96. The zero-order valence-electron chi connectivity index (χ0n) is 12.0. The van der Waals surface area contributed by atoms with E-state index in [1.54, 1.807) is 31.2 Å². The average molecular weight is 435 g/mol. The molecule has 0 fully saturated rings. The van der Waals surface area contributed by atoms with Gasteiger partial charge >= 0.3 is 0 Å². The highest BCUT2D eigenvalue weighted by atomic mass is 127. The van der Waals surface area contributed by atoms with E-state index in [1.165, 1.54) is 25.3 Å². The van der Waals surface area contributed by atoms with Gasteiger partial charge in [0.25, 0.3) is 0 Å². The first-order chi connectivity index (χ1) is 10.3. The second kappa shape index (κ2) is 6.93. The van der Waals surface area contributed by atoms with Crippen LogP contribution in [0.2, 0.25) is 0 Å². The van der Waals surface area contributed by atoms with Gasteiger partial charge in [-0.2, -0.15) is 0 Å². The van der Waals surface area contributed by atoms with Crippen LogP contribution in [0.15, 0.2) is 47.4 Å². The lowest BCUT2D eigenvalue weighted by Gasteiger charge is -2.15. The third-order valence-electron chi connectivity index (χ3n) is 3.14. The number of hydrogen-bond donors (Lipinski definition) is 1. The van der Waals surface area contributed by atoms with E-state index in [4.69, 9.17) is 4.74 Å². The lowest BCUT2D eigenvalue weighted by atomic mass is 10.1. The topological polar surface area (TPSA) is 55.4 Å². The Morgan fingerprint density at radius 1 is 1.18 bits per heavy atom. The van der Waals surface area contributed by atoms with E-state index < -0.39 is 16.1 Å². The zero-order chi connectivity index (χ0) is 16.3. The van der Waals surface area contributed by atoms with Crippen LogP contribution in [0.1, 0.15) is 18.5 Å². The Morgan fingerprint density at radius 3 is 2.36 bits per heavy atom. The summed E-state index contributed by atoms with van der Waals surface area (Å²) in [5.41, 5.74) is 0.688. The van der Waals surface area contributed by atoms with E-state index in [2.05, 4.69) is 4.72 Å². The number of nitrogens with one attached hydrogen (secondary N) is 1. The highest BCUT2D eigenvalue weighted by Crippen LogP contribution is 2.25. The predicted octanol–water partition coefficient (Wildman–Crippen LogP) is 3.48. The maximum Gasteiger partial charge on any atom is 0.241 e. The molecule has 2 aromatic rings. The minimum absolute atomic E-state index is 0.159. The van der Waals surface area contributed by atoms with Crippen molar-refractivity contribution in [1.82, 2.24) is 4.72 Å². The van der Waals surface area contributed by atoms with Gasteiger partial charge in [0.15, 0.2) is 0 Å². The molecule has 0 aliphatic carbocycles. The van der Waals surface area contributed by atoms with Crippen LogP contribution in [0.3, 0.4) is 0 Å². The van der Waals surface area contributed by atoms with Crippen LogP contribution in [-0.2, 0) is 10.0 Å². The second-order valence-corrected chi connectivity index (χ2v) is 7.57. The molecule has 1 unspecified atom stereocenters. The summed E-state index contributed by atoms with van der Waals surface area (Å²) in [6, 6.07) is 9.89. The van der Waals surface area contributed by atoms with Crippen LogP contribution in [0.4, 0.5) is 4.39 Å². The first-order valence-electron chi connectivity index (χ1n) is 6.45. The van der Waals surface area contributed by atoms with E-state index in [9.17, 15) is 12.8 Å². The molecule has 2 aromatic carbocycles. The summed E-state index contributed by atoms with van der Waals surface area (Å²) in [6.45, 7) is 1.71. The van der Waals surface area contributed by atoms with Crippen molar-refractivity contribution in [3.8, 4) is 5.75 Å². The van der Waals surface area contributed by atoms with Gasteiger partial charge in [0.2, 0.25) is 10.0 Å². The van der Waals surface area contributed by atoms with Crippen LogP contribution in [0.25, 0.3) is 0 Å². The molecule has 0 radical (unpaired) electrons. The molecule has 0 spiro atoms. The number of methoxy groups -OCH3 is 1. The van der Waals surface area contributed by atoms with E-state index in [1.807, 2.05) is 22.6 Å². The van der Waals surface area contributed by atoms with Crippen LogP contribution in [0.5, 0.6) is 5.75 Å². The van der Waals surface area contributed by atoms with Crippen LogP contribution >= 0.6 is 22.6 Å². The molecule has 0 aliphatic heterocycles. The molecule has 0 bridgehead atoms. The molecular formula is C15H15FINO3S. The minimum Gasteiger partial charge on any atom is -0.496 e. The number of halogens is 2. The molecule has 0 saturated heterocycles. The summed E-state index contributed by atoms with van der Waals surface area (Å²) in [5, 5.41) is 0. The van der Waals surface area contributed by atoms with Gasteiger partial charge in [-0.05, 0) is 65.4 Å². The fourth-order valence-electron chi connectivity index (χ4n) is 1.93. The van der Waals surface area contributed by atoms with Crippen molar-refractivity contribution in [2.45, 2.75) is 17.9 Å². The summed E-state index contributed by atoms with van der Waals surface area (Å²) in [7, 11) is -2.14. The van der Waals surface area contributed by atoms with Crippen molar-refractivity contribution >= 4 is 32.6 Å². The van der Waals surface area contributed by atoms with Crippen molar-refractivity contribution in [2.75, 3.05) is 7.11 Å². The maximum absolute atomic E-state index is 12.9. The molecule has 0 heterocycles. The Balaban J connectivity index is 2.23. The Kier molecular flexibility index (Phi) is 5.41. The van der Waals surface area contributed by atoms with Crippen molar-refractivity contribution in [3.05, 3.63) is 57.4 Å². The van der Waals surface area contributed by atoms with Crippen molar-refractivity contribution in [1.29, 1.82) is 0 Å². The fourth-order valence-corrected chi connectivity index (χ4v) is 4.14. The van der Waals surface area contributed by atoms with Crippen LogP contribution in [-0.4, -0.2) is 15.5 Å². The highest BCUT2D eigenvalue weighted by molar-refractivity contribution is 14.1. The summed E-state index contributed by atoms with van der Waals surface area (Å²) in [6.07, 6.45) is 0. The molecule has 0 aromatic heterocycles. The van der Waals surface area contributed by atoms with E-state index in [0.29, 0.717) is 14.9 Å². The lowest BCUT2D eigenvalue weighted by molar-refractivity contribution is 0.411. The molecule has 0 amide bonds. The Morgan fingerprint density at radius 2 is 1.82 bits per heavy atom. The number of hydrogen-bond acceptors (Lipinski definition) is 3. The van der Waals surface area contributed by atoms with Gasteiger partial charge < -0.3 is 4.74 Å². The first kappa shape index (κ1) is 17.2. The van der Waals surface area contributed by atoms with Crippen molar-refractivity contribution in [3.63, 3.8) is 0 Å². The van der Waals surface area contributed by atoms with Gasteiger partial charge in [-0.1, -0.05) is 12.1 Å². The standard InChI is InChI=1S/C15H15FINO3S/c1-10(11-3-5-12(16)6-4-11)18-22(19,20)13-7-8-15(21-2)14(17)9-13/h3-10,18H,1-2H3. The largest absolute Gasteiger partial charge is 0.496 e. The fraction of sp³-hybridized carbons (Fsp3) is 0.200. The SMILES string of the molecule is COc1ccc(S(=O)(=O)NC(C)c2ccc(F)cc2)cc1I. The summed E-state index contributed by atoms with van der Waals surface area (Å²) < 4.78 is 46.1. The molecule has 2 rings (SSSR count). The number of rotatable bonds is 5. The molecule has 7 heteroatoms. The third-order valence-corrected chi connectivity index (χ3v) is 5.52. The lowest BCUT2D eigenvalue weighted by Crippen LogP contribution is -2.27. The molecule has 118 valence electrons. The first-order valence-corrected chi connectivity index (χ1v) is 9.01. The normalized spacial score (nSPS) is 12.9. The van der Waals surface area contributed by atoms with Gasteiger partial charge in [-0.3, -0.25) is 0 Å². The van der Waals surface area contributed by atoms with Gasteiger partial charge in [0.1, 0.15) is 11.6 Å². The minimum atomic E-state index is -3.67. The van der Waals surface area contributed by atoms with Crippen LogP contribution < -0.4 is 9.46 Å². The van der Waals surface area contributed by atoms with Gasteiger partial charge in [-0.15, -0.1) is 0 Å². The highest BCUT2D eigenvalue weighted by Gasteiger charge is 2.19. The monoisotopic (exact) mass is 435 g/mol. The summed E-state index contributed by atoms with van der Waals surface area (Å²) in [4.78, 5) is 0.159. The molecule has 0 aliphatic rings. The van der Waals surface area contributed by atoms with E-state index >= 15 is 0 Å². The Hall–Kier alpha value is -1.19. The molecular weight excluding hydrogens is 420 g/mol. The Bertz CT molecular complexity index is 763. The molecule has 4 nitrogen and oxygen atoms in total. The van der Waals surface area contributed by atoms with E-state index in [-0.39, 0.29) is 10.7 Å². The quantitative estimate of drug-likeness (QED) is 0.732. The molecule has 22 heavy (non-hydrogen) atoms. The summed E-state index contributed by atoms with van der Waals surface area (Å²) >= 11 is 2.02. The predicted molar refractivity (Wildman–Crippen MR) is 90.8 cm³/mol. The number of sulfonamides is 1. The van der Waals surface area contributed by atoms with Crippen molar-refractivity contribution in [2.24, 2.45) is 0 Å². The van der Waals surface area contributed by atoms with Gasteiger partial charge in [0, 0.05) is 6.04 Å². The van der Waals surface area contributed by atoms with Gasteiger partial charge in [0.05, 0.1) is 15.6 Å². The smallest absolute Gasteiger partial charge is 0.241 e. The summed E-state index contributed by atoms with van der Waals surface area (Å²) in [5.74, 6) is 0.259. The van der Waals surface area contributed by atoms with Crippen molar-refractivity contribution < 1.29 is 17.5 Å². The average Bonchev–Trinajstić information content (AvgIpc) is 2.47. The van der Waals surface area contributed by atoms with E-state index in [0.717, 1.165) is 0 Å². The molecule has 0 saturated carbocycles. The maximum atomic E-state index is 12.9. The zero-order valence-corrected chi connectivity index (χ0v) is 15.0. The van der Waals surface area contributed by atoms with Crippen LogP contribution in [0, 0.1) is 9.39 Å². The molecule has 1 N–H and O–H groups in total. The molecule has 1 atom stereocenters. The second-order valence-electron chi connectivity index (χ2n) is 4.69. The Labute approximate surface area is 142 Å².